The topological polar surface area (TPSA) is 119 Å². The van der Waals surface area contributed by atoms with Crippen LogP contribution in [0.1, 0.15) is 21.0 Å². The number of carboxylic acid groups (broad SMARTS) is 1. The average Bonchev–Trinajstić information content (AvgIpc) is 3.09. The molecule has 0 saturated heterocycles. The summed E-state index contributed by atoms with van der Waals surface area (Å²) in [5, 5.41) is 9.22. The maximum atomic E-state index is 11.1. The Bertz CT molecular complexity index is 507. The third-order valence-corrected chi connectivity index (χ3v) is 1.86. The van der Waals surface area contributed by atoms with Crippen LogP contribution in [0.25, 0.3) is 0 Å². The first-order valence-corrected chi connectivity index (χ1v) is 4.88. The number of hydrogen-bond donors (Lipinski definition) is 1. The summed E-state index contributed by atoms with van der Waals surface area (Å²) in [6.07, 6.45) is 4.60. The van der Waals surface area contributed by atoms with Gasteiger partial charge >= 0.3 is 5.97 Å². The van der Waals surface area contributed by atoms with E-state index in [0.29, 0.717) is 0 Å². The van der Waals surface area contributed by atoms with Crippen LogP contribution in [0, 0.1) is 0 Å². The molecule has 0 aliphatic rings. The first kappa shape index (κ1) is 14.4. The highest BCUT2D eigenvalue weighted by Gasteiger charge is 2.13. The standard InChI is InChI=1S/C6H8N2O3.C4H3NO3/c1-8(10-2)6(9)5-3-11-4-7-5;6-4(7)3-1-8-2-5-3/h3-4H,1-2H3;1-2H,(H,6,7). The molecule has 0 unspecified atom stereocenters. The summed E-state index contributed by atoms with van der Waals surface area (Å²) in [6, 6.07) is 0. The molecule has 0 bridgehead atoms. The molecule has 9 heteroatoms. The molecule has 0 spiro atoms. The van der Waals surface area contributed by atoms with E-state index in [1.165, 1.54) is 26.8 Å². The van der Waals surface area contributed by atoms with Crippen molar-refractivity contribution in [3.8, 4) is 0 Å². The Hall–Kier alpha value is -2.68. The predicted octanol–water partition coefficient (Wildman–Crippen LogP) is 0.681. The third-order valence-electron chi connectivity index (χ3n) is 1.86. The maximum absolute atomic E-state index is 11.1. The Kier molecular flexibility index (Phi) is 5.23. The molecule has 19 heavy (non-hydrogen) atoms. The van der Waals surface area contributed by atoms with Gasteiger partial charge in [-0.3, -0.25) is 9.63 Å². The number of rotatable bonds is 3. The van der Waals surface area contributed by atoms with Crippen LogP contribution in [0.4, 0.5) is 0 Å². The fourth-order valence-corrected chi connectivity index (χ4v) is 0.881. The molecule has 1 amide bonds. The number of aromatic carboxylic acids is 1. The summed E-state index contributed by atoms with van der Waals surface area (Å²) in [4.78, 5) is 32.7. The minimum atomic E-state index is -1.07. The lowest BCUT2D eigenvalue weighted by atomic mass is 10.4. The van der Waals surface area contributed by atoms with Gasteiger partial charge in [-0.2, -0.15) is 0 Å². The average molecular weight is 269 g/mol. The van der Waals surface area contributed by atoms with Crippen LogP contribution >= 0.6 is 0 Å². The molecule has 0 aromatic carbocycles. The van der Waals surface area contributed by atoms with Crippen LogP contribution in [0.15, 0.2) is 34.1 Å². The van der Waals surface area contributed by atoms with Crippen molar-refractivity contribution < 1.29 is 28.4 Å². The summed E-state index contributed by atoms with van der Waals surface area (Å²) < 4.78 is 9.00. The van der Waals surface area contributed by atoms with Crippen LogP contribution in [0.2, 0.25) is 0 Å². The number of carboxylic acids is 1. The van der Waals surface area contributed by atoms with Crippen molar-refractivity contribution in [1.29, 1.82) is 0 Å². The second-order valence-electron chi connectivity index (χ2n) is 3.04. The van der Waals surface area contributed by atoms with Crippen molar-refractivity contribution in [3.63, 3.8) is 0 Å². The highest BCUT2D eigenvalue weighted by molar-refractivity contribution is 5.90. The van der Waals surface area contributed by atoms with Crippen molar-refractivity contribution in [2.24, 2.45) is 0 Å². The molecular weight excluding hydrogens is 258 g/mol. The molecule has 0 atom stereocenters. The summed E-state index contributed by atoms with van der Waals surface area (Å²) in [5.41, 5.74) is 0.166. The van der Waals surface area contributed by atoms with E-state index in [0.717, 1.165) is 17.7 Å². The number of aromatic nitrogens is 2. The zero-order valence-corrected chi connectivity index (χ0v) is 10.1. The van der Waals surface area contributed by atoms with Crippen LogP contribution in [0.3, 0.4) is 0 Å². The smallest absolute Gasteiger partial charge is 0.357 e. The fourth-order valence-electron chi connectivity index (χ4n) is 0.881. The van der Waals surface area contributed by atoms with E-state index < -0.39 is 5.97 Å². The van der Waals surface area contributed by atoms with Gasteiger partial charge in [0.1, 0.15) is 12.5 Å². The van der Waals surface area contributed by atoms with E-state index in [9.17, 15) is 9.59 Å². The van der Waals surface area contributed by atoms with Gasteiger partial charge in [0.2, 0.25) is 0 Å². The molecule has 2 aromatic heterocycles. The van der Waals surface area contributed by atoms with Gasteiger partial charge in [-0.25, -0.2) is 19.8 Å². The molecule has 0 saturated carbocycles. The van der Waals surface area contributed by atoms with Crippen LogP contribution < -0.4 is 0 Å². The first-order valence-electron chi connectivity index (χ1n) is 4.88. The van der Waals surface area contributed by atoms with Crippen molar-refractivity contribution in [3.05, 3.63) is 36.7 Å². The fraction of sp³-hybridized carbons (Fsp3) is 0.200. The Labute approximate surface area is 107 Å². The molecule has 2 aromatic rings. The van der Waals surface area contributed by atoms with Crippen LogP contribution in [-0.4, -0.2) is 46.2 Å². The van der Waals surface area contributed by atoms with E-state index in [2.05, 4.69) is 23.6 Å². The lowest BCUT2D eigenvalue weighted by molar-refractivity contribution is -0.0760. The van der Waals surface area contributed by atoms with Gasteiger partial charge in [-0.05, 0) is 0 Å². The van der Waals surface area contributed by atoms with Gasteiger partial charge in [0.15, 0.2) is 24.2 Å². The normalized spacial score (nSPS) is 9.37. The number of hydroxylamine groups is 2. The van der Waals surface area contributed by atoms with Crippen LogP contribution in [0.5, 0.6) is 0 Å². The van der Waals surface area contributed by atoms with Crippen molar-refractivity contribution >= 4 is 11.9 Å². The monoisotopic (exact) mass is 269 g/mol. The van der Waals surface area contributed by atoms with Gasteiger partial charge < -0.3 is 13.9 Å². The summed E-state index contributed by atoms with van der Waals surface area (Å²) in [7, 11) is 2.90. The highest BCUT2D eigenvalue weighted by Crippen LogP contribution is 1.98. The van der Waals surface area contributed by atoms with Gasteiger partial charge in [-0.15, -0.1) is 0 Å². The molecule has 0 aliphatic heterocycles. The summed E-state index contributed by atoms with van der Waals surface area (Å²) >= 11 is 0. The maximum Gasteiger partial charge on any atom is 0.357 e. The molecule has 9 nitrogen and oxygen atoms in total. The number of carbonyl (C=O) groups is 2. The molecule has 102 valence electrons. The molecular formula is C10H11N3O6. The van der Waals surface area contributed by atoms with Gasteiger partial charge in [0, 0.05) is 7.05 Å². The molecule has 0 radical (unpaired) electrons. The van der Waals surface area contributed by atoms with E-state index in [4.69, 9.17) is 5.11 Å². The zero-order chi connectivity index (χ0) is 14.3. The summed E-state index contributed by atoms with van der Waals surface area (Å²) in [6.45, 7) is 0. The Morgan fingerprint density at radius 1 is 1.21 bits per heavy atom. The minimum absolute atomic E-state index is 0.0648. The highest BCUT2D eigenvalue weighted by atomic mass is 16.7. The third kappa shape index (κ3) is 4.24. The van der Waals surface area contributed by atoms with Crippen molar-refractivity contribution in [2.45, 2.75) is 0 Å². The lowest BCUT2D eigenvalue weighted by Gasteiger charge is -2.10. The predicted molar refractivity (Wildman–Crippen MR) is 59.1 cm³/mol. The van der Waals surface area contributed by atoms with Crippen LogP contribution in [-0.2, 0) is 4.84 Å². The summed E-state index contributed by atoms with van der Waals surface area (Å²) in [5.74, 6) is -1.40. The number of nitrogens with zero attached hydrogens (tertiary/aromatic N) is 3. The van der Waals surface area contributed by atoms with Crippen molar-refractivity contribution in [2.75, 3.05) is 14.2 Å². The second-order valence-corrected chi connectivity index (χ2v) is 3.04. The van der Waals surface area contributed by atoms with Gasteiger partial charge in [-0.1, -0.05) is 0 Å². The van der Waals surface area contributed by atoms with E-state index in [1.54, 1.807) is 0 Å². The Morgan fingerprint density at radius 2 is 1.74 bits per heavy atom. The quantitative estimate of drug-likeness (QED) is 0.808. The number of hydrogen-bond acceptors (Lipinski definition) is 7. The van der Waals surface area contributed by atoms with Gasteiger partial charge in [0.05, 0.1) is 7.11 Å². The first-order chi connectivity index (χ1) is 9.06. The van der Waals surface area contributed by atoms with E-state index in [1.807, 2.05) is 0 Å². The molecule has 2 rings (SSSR count). The van der Waals surface area contributed by atoms with E-state index in [-0.39, 0.29) is 17.3 Å². The van der Waals surface area contributed by atoms with E-state index >= 15 is 0 Å². The SMILES string of the molecule is CON(C)C(=O)c1cocn1.O=C(O)c1cocn1. The Morgan fingerprint density at radius 3 is 2.05 bits per heavy atom. The minimum Gasteiger partial charge on any atom is -0.476 e. The Balaban J connectivity index is 0.000000200. The molecule has 2 heterocycles. The molecule has 1 N–H and O–H groups in total. The largest absolute Gasteiger partial charge is 0.476 e. The molecule has 0 aliphatic carbocycles. The molecule has 0 fully saturated rings. The number of oxazole rings is 2. The zero-order valence-electron chi connectivity index (χ0n) is 10.1. The second kappa shape index (κ2) is 6.91. The van der Waals surface area contributed by atoms with Crippen molar-refractivity contribution in [1.82, 2.24) is 15.0 Å². The lowest BCUT2D eigenvalue weighted by Crippen LogP contribution is -2.25. The number of amides is 1. The van der Waals surface area contributed by atoms with Gasteiger partial charge in [0.25, 0.3) is 5.91 Å². The number of carbonyl (C=O) groups excluding carboxylic acids is 1.